The Morgan fingerprint density at radius 1 is 1.60 bits per heavy atom. The van der Waals surface area contributed by atoms with E-state index in [0.717, 1.165) is 6.54 Å². The number of nitrogens with one attached hydrogen (secondary N) is 2. The van der Waals surface area contributed by atoms with Gasteiger partial charge in [-0.05, 0) is 31.2 Å². The second-order valence-corrected chi connectivity index (χ2v) is 2.97. The molecule has 0 saturated heterocycles. The molecule has 2 nitrogen and oxygen atoms in total. The summed E-state index contributed by atoms with van der Waals surface area (Å²) in [5.74, 6) is 0. The molecule has 0 fully saturated rings. The third kappa shape index (κ3) is 0.801. The first-order valence-corrected chi connectivity index (χ1v) is 3.75. The normalized spacial score (nSPS) is 29.5. The van der Waals surface area contributed by atoms with Gasteiger partial charge in [0.2, 0.25) is 0 Å². The predicted octanol–water partition coefficient (Wildman–Crippen LogP) is 0.739. The lowest BCUT2D eigenvalue weighted by atomic mass is 10.1. The first-order chi connectivity index (χ1) is 4.86. The fraction of sp³-hybridized carbons (Fsp3) is 0.500. The standard InChI is InChI=1S/C8H12N2/c1-6-4-7-2-3-9-5-8(7)10-6/h2-3,6,9-10H,4-5H2,1H3. The van der Waals surface area contributed by atoms with Gasteiger partial charge in [0.15, 0.2) is 0 Å². The SMILES string of the molecule is CC1CC2=C(CNC=C2)N1. The van der Waals surface area contributed by atoms with Crippen molar-refractivity contribution in [2.24, 2.45) is 0 Å². The largest absolute Gasteiger partial charge is 0.385 e. The first-order valence-electron chi connectivity index (χ1n) is 3.75. The van der Waals surface area contributed by atoms with Crippen molar-refractivity contribution in [2.45, 2.75) is 19.4 Å². The van der Waals surface area contributed by atoms with E-state index in [0.29, 0.717) is 6.04 Å². The Labute approximate surface area is 61.0 Å². The maximum absolute atomic E-state index is 3.42. The highest BCUT2D eigenvalue weighted by Crippen LogP contribution is 2.20. The minimum Gasteiger partial charge on any atom is -0.385 e. The van der Waals surface area contributed by atoms with E-state index in [9.17, 15) is 0 Å². The number of rotatable bonds is 0. The van der Waals surface area contributed by atoms with Crippen LogP contribution < -0.4 is 10.6 Å². The predicted molar refractivity (Wildman–Crippen MR) is 41.4 cm³/mol. The number of dihydropyridines is 1. The molecule has 2 aliphatic rings. The topological polar surface area (TPSA) is 24.1 Å². The minimum atomic E-state index is 0.634. The van der Waals surface area contributed by atoms with Crippen molar-refractivity contribution < 1.29 is 0 Å². The number of allylic oxidation sites excluding steroid dienone is 1. The molecule has 0 aliphatic carbocycles. The van der Waals surface area contributed by atoms with Crippen molar-refractivity contribution in [1.82, 2.24) is 10.6 Å². The van der Waals surface area contributed by atoms with Gasteiger partial charge in [0.1, 0.15) is 0 Å². The van der Waals surface area contributed by atoms with Crippen LogP contribution in [0.25, 0.3) is 0 Å². The third-order valence-corrected chi connectivity index (χ3v) is 2.02. The van der Waals surface area contributed by atoms with Gasteiger partial charge in [-0.15, -0.1) is 0 Å². The Morgan fingerprint density at radius 2 is 2.50 bits per heavy atom. The van der Waals surface area contributed by atoms with E-state index in [1.165, 1.54) is 17.7 Å². The van der Waals surface area contributed by atoms with Gasteiger partial charge in [0, 0.05) is 11.7 Å². The molecule has 0 spiro atoms. The summed E-state index contributed by atoms with van der Waals surface area (Å²) in [4.78, 5) is 0. The van der Waals surface area contributed by atoms with Crippen LogP contribution in [-0.2, 0) is 0 Å². The van der Waals surface area contributed by atoms with E-state index in [4.69, 9.17) is 0 Å². The fourth-order valence-electron chi connectivity index (χ4n) is 1.55. The van der Waals surface area contributed by atoms with Crippen LogP contribution in [-0.4, -0.2) is 12.6 Å². The molecule has 0 aromatic carbocycles. The van der Waals surface area contributed by atoms with E-state index in [2.05, 4.69) is 23.6 Å². The molecule has 0 aromatic rings. The first kappa shape index (κ1) is 5.83. The number of hydrogen-bond acceptors (Lipinski definition) is 2. The maximum atomic E-state index is 3.42. The van der Waals surface area contributed by atoms with Crippen LogP contribution in [0.1, 0.15) is 13.3 Å². The van der Waals surface area contributed by atoms with E-state index in [1.807, 2.05) is 6.20 Å². The zero-order valence-corrected chi connectivity index (χ0v) is 6.15. The van der Waals surface area contributed by atoms with Gasteiger partial charge >= 0.3 is 0 Å². The van der Waals surface area contributed by atoms with Crippen LogP contribution in [0.5, 0.6) is 0 Å². The van der Waals surface area contributed by atoms with Crippen LogP contribution in [0, 0.1) is 0 Å². The van der Waals surface area contributed by atoms with E-state index >= 15 is 0 Å². The van der Waals surface area contributed by atoms with Crippen molar-refractivity contribution >= 4 is 0 Å². The second kappa shape index (κ2) is 2.04. The monoisotopic (exact) mass is 136 g/mol. The Hall–Kier alpha value is -0.920. The van der Waals surface area contributed by atoms with Crippen LogP contribution >= 0.6 is 0 Å². The lowest BCUT2D eigenvalue weighted by Gasteiger charge is -2.10. The second-order valence-electron chi connectivity index (χ2n) is 2.97. The lowest BCUT2D eigenvalue weighted by Crippen LogP contribution is -2.25. The molecule has 2 rings (SSSR count). The van der Waals surface area contributed by atoms with Crippen molar-refractivity contribution in [3.63, 3.8) is 0 Å². The van der Waals surface area contributed by atoms with Crippen molar-refractivity contribution in [1.29, 1.82) is 0 Å². The van der Waals surface area contributed by atoms with E-state index in [1.54, 1.807) is 0 Å². The summed E-state index contributed by atoms with van der Waals surface area (Å²) in [6.45, 7) is 3.20. The van der Waals surface area contributed by atoms with Crippen molar-refractivity contribution in [3.05, 3.63) is 23.5 Å². The Kier molecular flexibility index (Phi) is 1.19. The molecule has 2 heteroatoms. The molecular weight excluding hydrogens is 124 g/mol. The van der Waals surface area contributed by atoms with E-state index < -0.39 is 0 Å². The van der Waals surface area contributed by atoms with Crippen LogP contribution in [0.4, 0.5) is 0 Å². The van der Waals surface area contributed by atoms with Gasteiger partial charge in [0.05, 0.1) is 6.54 Å². The zero-order chi connectivity index (χ0) is 6.97. The molecule has 1 unspecified atom stereocenters. The lowest BCUT2D eigenvalue weighted by molar-refractivity contribution is 0.656. The molecule has 1 atom stereocenters. The highest BCUT2D eigenvalue weighted by molar-refractivity contribution is 5.33. The third-order valence-electron chi connectivity index (χ3n) is 2.02. The summed E-state index contributed by atoms with van der Waals surface area (Å²) in [6, 6.07) is 0.634. The van der Waals surface area contributed by atoms with Crippen LogP contribution in [0.3, 0.4) is 0 Å². The molecule has 0 amide bonds. The quantitative estimate of drug-likeness (QED) is 0.513. The highest BCUT2D eigenvalue weighted by atomic mass is 15.0. The Morgan fingerprint density at radius 3 is 3.30 bits per heavy atom. The summed E-state index contributed by atoms with van der Waals surface area (Å²) in [5, 5.41) is 6.60. The van der Waals surface area contributed by atoms with Gasteiger partial charge in [0.25, 0.3) is 0 Å². The minimum absolute atomic E-state index is 0.634. The zero-order valence-electron chi connectivity index (χ0n) is 6.15. The smallest absolute Gasteiger partial charge is 0.0545 e. The molecular formula is C8H12N2. The number of hydrogen-bond donors (Lipinski definition) is 2. The average Bonchev–Trinajstić information content (AvgIpc) is 2.27. The van der Waals surface area contributed by atoms with Crippen LogP contribution in [0.15, 0.2) is 23.5 Å². The molecule has 0 bridgehead atoms. The molecule has 0 aromatic heterocycles. The Bertz CT molecular complexity index is 203. The Balaban J connectivity index is 2.21. The summed E-state index contributed by atoms with van der Waals surface area (Å²) in [6.07, 6.45) is 5.38. The van der Waals surface area contributed by atoms with Crippen LogP contribution in [0.2, 0.25) is 0 Å². The van der Waals surface area contributed by atoms with Gasteiger partial charge in [-0.1, -0.05) is 0 Å². The van der Waals surface area contributed by atoms with Gasteiger partial charge in [-0.2, -0.15) is 0 Å². The summed E-state index contributed by atoms with van der Waals surface area (Å²) in [7, 11) is 0. The van der Waals surface area contributed by atoms with Gasteiger partial charge < -0.3 is 10.6 Å². The highest BCUT2D eigenvalue weighted by Gasteiger charge is 2.18. The molecule has 2 aliphatic heterocycles. The molecule has 2 N–H and O–H groups in total. The molecule has 54 valence electrons. The van der Waals surface area contributed by atoms with Crippen molar-refractivity contribution in [2.75, 3.05) is 6.54 Å². The summed E-state index contributed by atoms with van der Waals surface area (Å²) < 4.78 is 0. The van der Waals surface area contributed by atoms with E-state index in [-0.39, 0.29) is 0 Å². The summed E-state index contributed by atoms with van der Waals surface area (Å²) >= 11 is 0. The molecule has 2 heterocycles. The average molecular weight is 136 g/mol. The van der Waals surface area contributed by atoms with Gasteiger partial charge in [-0.3, -0.25) is 0 Å². The van der Waals surface area contributed by atoms with Crippen molar-refractivity contribution in [3.8, 4) is 0 Å². The molecule has 0 radical (unpaired) electrons. The van der Waals surface area contributed by atoms with Gasteiger partial charge in [-0.25, -0.2) is 0 Å². The maximum Gasteiger partial charge on any atom is 0.0545 e. The summed E-state index contributed by atoms with van der Waals surface area (Å²) in [5.41, 5.74) is 2.86. The molecule has 10 heavy (non-hydrogen) atoms. The molecule has 0 saturated carbocycles. The fourth-order valence-corrected chi connectivity index (χ4v) is 1.55.